The lowest BCUT2D eigenvalue weighted by Crippen LogP contribution is -2.39. The summed E-state index contributed by atoms with van der Waals surface area (Å²) in [4.78, 5) is 14.1. The normalized spacial score (nSPS) is 11.8. The van der Waals surface area contributed by atoms with Gasteiger partial charge >= 0.3 is 6.03 Å². The molecule has 134 valence electrons. The zero-order valence-corrected chi connectivity index (χ0v) is 15.5. The first-order valence-corrected chi connectivity index (χ1v) is 8.46. The Bertz CT molecular complexity index is 696. The summed E-state index contributed by atoms with van der Waals surface area (Å²) in [5.41, 5.74) is 3.01. The highest BCUT2D eigenvalue weighted by molar-refractivity contribution is 5.89. The summed E-state index contributed by atoms with van der Waals surface area (Å²) in [6.07, 6.45) is -0.443. The summed E-state index contributed by atoms with van der Waals surface area (Å²) in [7, 11) is 3.92. The van der Waals surface area contributed by atoms with Gasteiger partial charge in [-0.1, -0.05) is 32.0 Å². The summed E-state index contributed by atoms with van der Waals surface area (Å²) in [6.45, 7) is 6.09. The maximum atomic E-state index is 12.1. The number of hydrogen-bond acceptors (Lipinski definition) is 3. The smallest absolute Gasteiger partial charge is 0.322 e. The quantitative estimate of drug-likeness (QED) is 0.765. The van der Waals surface area contributed by atoms with Gasteiger partial charge in [-0.05, 0) is 48.7 Å². The Labute approximate surface area is 150 Å². The van der Waals surface area contributed by atoms with E-state index in [9.17, 15) is 4.79 Å². The molecule has 2 N–H and O–H groups in total. The summed E-state index contributed by atoms with van der Waals surface area (Å²) < 4.78 is 5.74. The predicted molar refractivity (Wildman–Crippen MR) is 104 cm³/mol. The molecule has 0 heterocycles. The molecule has 2 rings (SSSR count). The Balaban J connectivity index is 1.88. The lowest BCUT2D eigenvalue weighted by atomic mass is 10.0. The van der Waals surface area contributed by atoms with E-state index in [0.29, 0.717) is 5.92 Å². The summed E-state index contributed by atoms with van der Waals surface area (Å²) in [5, 5.41) is 5.60. The van der Waals surface area contributed by atoms with Crippen molar-refractivity contribution in [2.24, 2.45) is 0 Å². The van der Waals surface area contributed by atoms with E-state index < -0.39 is 6.23 Å². The minimum atomic E-state index is -0.443. The molecular formula is C20H27N3O2. The van der Waals surface area contributed by atoms with Gasteiger partial charge in [0.05, 0.1) is 0 Å². The van der Waals surface area contributed by atoms with Crippen molar-refractivity contribution in [3.8, 4) is 5.75 Å². The highest BCUT2D eigenvalue weighted by Crippen LogP contribution is 2.19. The number of benzene rings is 2. The Morgan fingerprint density at radius 1 is 1.04 bits per heavy atom. The van der Waals surface area contributed by atoms with Crippen LogP contribution in [0.3, 0.4) is 0 Å². The van der Waals surface area contributed by atoms with Crippen molar-refractivity contribution in [3.63, 3.8) is 0 Å². The van der Waals surface area contributed by atoms with Gasteiger partial charge in [-0.15, -0.1) is 0 Å². The summed E-state index contributed by atoms with van der Waals surface area (Å²) in [5.74, 6) is 1.21. The number of carbonyl (C=O) groups excluding carboxylic acids is 1. The van der Waals surface area contributed by atoms with Crippen LogP contribution in [0.15, 0.2) is 48.5 Å². The first kappa shape index (κ1) is 18.6. The van der Waals surface area contributed by atoms with Gasteiger partial charge in [-0.3, -0.25) is 0 Å². The number of ether oxygens (including phenoxy) is 1. The molecule has 1 atom stereocenters. The minimum Gasteiger partial charge on any atom is -0.471 e. The Morgan fingerprint density at radius 2 is 1.72 bits per heavy atom. The van der Waals surface area contributed by atoms with Gasteiger partial charge in [0.2, 0.25) is 0 Å². The molecular weight excluding hydrogens is 314 g/mol. The average molecular weight is 341 g/mol. The molecule has 5 nitrogen and oxygen atoms in total. The SMILES string of the molecule is CC(NC(=O)Nc1cccc(N(C)C)c1)Oc1ccc(C(C)C)cc1. The molecule has 0 aliphatic rings. The Hall–Kier alpha value is -2.69. The zero-order chi connectivity index (χ0) is 18.4. The molecule has 25 heavy (non-hydrogen) atoms. The maximum absolute atomic E-state index is 12.1. The topological polar surface area (TPSA) is 53.6 Å². The third-order valence-electron chi connectivity index (χ3n) is 3.81. The molecule has 5 heteroatoms. The molecule has 0 saturated heterocycles. The van der Waals surface area contributed by atoms with Gasteiger partial charge in [0.1, 0.15) is 5.75 Å². The van der Waals surface area contributed by atoms with E-state index in [4.69, 9.17) is 4.74 Å². The highest BCUT2D eigenvalue weighted by Gasteiger charge is 2.09. The second-order valence-electron chi connectivity index (χ2n) is 6.53. The number of nitrogens with one attached hydrogen (secondary N) is 2. The number of carbonyl (C=O) groups is 1. The highest BCUT2D eigenvalue weighted by atomic mass is 16.5. The van der Waals surface area contributed by atoms with Gasteiger partial charge in [0.25, 0.3) is 0 Å². The van der Waals surface area contributed by atoms with Crippen molar-refractivity contribution >= 4 is 17.4 Å². The molecule has 0 bridgehead atoms. The zero-order valence-electron chi connectivity index (χ0n) is 15.5. The average Bonchev–Trinajstić information content (AvgIpc) is 2.55. The summed E-state index contributed by atoms with van der Waals surface area (Å²) in [6, 6.07) is 15.3. The van der Waals surface area contributed by atoms with Crippen LogP contribution in [-0.4, -0.2) is 26.4 Å². The Kier molecular flexibility index (Phi) is 6.28. The van der Waals surface area contributed by atoms with Crippen LogP contribution in [0.1, 0.15) is 32.3 Å². The monoisotopic (exact) mass is 341 g/mol. The molecule has 0 aliphatic heterocycles. The van der Waals surface area contributed by atoms with E-state index in [0.717, 1.165) is 17.1 Å². The van der Waals surface area contributed by atoms with Gasteiger partial charge in [-0.25, -0.2) is 4.79 Å². The standard InChI is InChI=1S/C20H27N3O2/c1-14(2)16-9-11-19(12-10-16)25-15(3)21-20(24)22-17-7-6-8-18(13-17)23(4)5/h6-15H,1-5H3,(H2,21,22,24). The van der Waals surface area contributed by atoms with E-state index in [1.165, 1.54) is 5.56 Å². The first-order valence-electron chi connectivity index (χ1n) is 8.46. The van der Waals surface area contributed by atoms with Crippen LogP contribution in [0.25, 0.3) is 0 Å². The predicted octanol–water partition coefficient (Wildman–Crippen LogP) is 4.42. The van der Waals surface area contributed by atoms with Crippen LogP contribution in [0.4, 0.5) is 16.2 Å². The van der Waals surface area contributed by atoms with Gasteiger partial charge in [-0.2, -0.15) is 0 Å². The van der Waals surface area contributed by atoms with Crippen molar-refractivity contribution in [2.45, 2.75) is 32.9 Å². The maximum Gasteiger partial charge on any atom is 0.322 e. The fourth-order valence-corrected chi connectivity index (χ4v) is 2.38. The number of anilines is 2. The van der Waals surface area contributed by atoms with E-state index >= 15 is 0 Å². The fourth-order valence-electron chi connectivity index (χ4n) is 2.38. The molecule has 0 aliphatic carbocycles. The van der Waals surface area contributed by atoms with Crippen molar-refractivity contribution in [2.75, 3.05) is 24.3 Å². The molecule has 1 unspecified atom stereocenters. The van der Waals surface area contributed by atoms with E-state index in [-0.39, 0.29) is 6.03 Å². The largest absolute Gasteiger partial charge is 0.471 e. The van der Waals surface area contributed by atoms with E-state index in [1.807, 2.05) is 67.5 Å². The van der Waals surface area contributed by atoms with Crippen LogP contribution < -0.4 is 20.3 Å². The molecule has 0 fully saturated rings. The molecule has 0 spiro atoms. The fraction of sp³-hybridized carbons (Fsp3) is 0.350. The second kappa shape index (κ2) is 8.42. The lowest BCUT2D eigenvalue weighted by molar-refractivity contribution is 0.183. The first-order chi connectivity index (χ1) is 11.8. The third-order valence-corrected chi connectivity index (χ3v) is 3.81. The van der Waals surface area contributed by atoms with Crippen molar-refractivity contribution in [3.05, 3.63) is 54.1 Å². The third kappa shape index (κ3) is 5.71. The number of nitrogens with zero attached hydrogens (tertiary/aromatic N) is 1. The van der Waals surface area contributed by atoms with Crippen molar-refractivity contribution < 1.29 is 9.53 Å². The van der Waals surface area contributed by atoms with E-state index in [1.54, 1.807) is 6.92 Å². The molecule has 2 amide bonds. The van der Waals surface area contributed by atoms with Crippen LogP contribution in [0, 0.1) is 0 Å². The van der Waals surface area contributed by atoms with E-state index in [2.05, 4.69) is 24.5 Å². The lowest BCUT2D eigenvalue weighted by Gasteiger charge is -2.18. The number of urea groups is 1. The number of amides is 2. The minimum absolute atomic E-state index is 0.304. The summed E-state index contributed by atoms with van der Waals surface area (Å²) >= 11 is 0. The van der Waals surface area contributed by atoms with Crippen LogP contribution >= 0.6 is 0 Å². The van der Waals surface area contributed by atoms with Crippen LogP contribution in [-0.2, 0) is 0 Å². The molecule has 2 aromatic carbocycles. The van der Waals surface area contributed by atoms with Crippen molar-refractivity contribution in [1.29, 1.82) is 0 Å². The molecule has 0 saturated carbocycles. The van der Waals surface area contributed by atoms with Crippen LogP contribution in [0.5, 0.6) is 5.75 Å². The van der Waals surface area contributed by atoms with Gasteiger partial charge < -0.3 is 20.3 Å². The number of rotatable bonds is 6. The molecule has 0 aromatic heterocycles. The number of hydrogen-bond donors (Lipinski definition) is 2. The van der Waals surface area contributed by atoms with Gasteiger partial charge in [0, 0.05) is 25.5 Å². The second-order valence-corrected chi connectivity index (χ2v) is 6.53. The molecule has 2 aromatic rings. The Morgan fingerprint density at radius 3 is 2.32 bits per heavy atom. The molecule has 0 radical (unpaired) electrons. The van der Waals surface area contributed by atoms with Gasteiger partial charge in [0.15, 0.2) is 6.23 Å². The van der Waals surface area contributed by atoms with Crippen LogP contribution in [0.2, 0.25) is 0 Å². The van der Waals surface area contributed by atoms with Crippen molar-refractivity contribution in [1.82, 2.24) is 5.32 Å².